The molecule has 3 aromatic carbocycles. The molecule has 356 valence electrons. The summed E-state index contributed by atoms with van der Waals surface area (Å²) < 4.78 is 4.75. The second-order valence-corrected chi connectivity index (χ2v) is 17.2. The molecule has 0 saturated heterocycles. The fourth-order valence-corrected chi connectivity index (χ4v) is 8.24. The molecule has 0 radical (unpaired) electrons. The molecule has 3 N–H and O–H groups in total. The summed E-state index contributed by atoms with van der Waals surface area (Å²) in [5.74, 6) is -2.21. The van der Waals surface area contributed by atoms with Crippen LogP contribution in [0.3, 0.4) is 0 Å². The van der Waals surface area contributed by atoms with Gasteiger partial charge in [0.15, 0.2) is 0 Å². The van der Waals surface area contributed by atoms with Gasteiger partial charge in [0.05, 0.1) is 22.1 Å². The number of aromatic carboxylic acids is 1. The zero-order valence-electron chi connectivity index (χ0n) is 40.4. The van der Waals surface area contributed by atoms with E-state index in [4.69, 9.17) is 5.73 Å². The van der Waals surface area contributed by atoms with Crippen LogP contribution < -0.4 is 22.4 Å². The van der Waals surface area contributed by atoms with Crippen molar-refractivity contribution in [3.05, 3.63) is 191 Å². The fourth-order valence-electron chi connectivity index (χ4n) is 8.24. The predicted molar refractivity (Wildman–Crippen MR) is 274 cm³/mol. The fraction of sp³-hybridized carbons (Fsp3) is 0.164. The molecule has 0 fully saturated rings. The number of aromatic nitrogens is 6. The van der Waals surface area contributed by atoms with E-state index < -0.39 is 17.8 Å². The van der Waals surface area contributed by atoms with Gasteiger partial charge in [0.2, 0.25) is 12.0 Å². The Kier molecular flexibility index (Phi) is 14.1. The summed E-state index contributed by atoms with van der Waals surface area (Å²) in [5, 5.41) is 11.7. The molecule has 0 bridgehead atoms. The summed E-state index contributed by atoms with van der Waals surface area (Å²) in [7, 11) is 5.15. The predicted octanol–water partition coefficient (Wildman–Crippen LogP) is 7.93. The van der Waals surface area contributed by atoms with Gasteiger partial charge in [-0.15, -0.1) is 4.99 Å². The summed E-state index contributed by atoms with van der Waals surface area (Å²) in [6, 6.07) is 25.8. The van der Waals surface area contributed by atoms with Gasteiger partial charge in [0.1, 0.15) is 0 Å². The van der Waals surface area contributed by atoms with E-state index >= 15 is 0 Å². The van der Waals surface area contributed by atoms with E-state index in [0.29, 0.717) is 38.9 Å². The Morgan fingerprint density at radius 3 is 1.15 bits per heavy atom. The summed E-state index contributed by atoms with van der Waals surface area (Å²) in [5.41, 5.74) is 16.7. The first kappa shape index (κ1) is 49.6. The molecule has 0 spiro atoms. The lowest BCUT2D eigenvalue weighted by Crippen LogP contribution is -2.20. The van der Waals surface area contributed by atoms with Crippen molar-refractivity contribution >= 4 is 56.6 Å². The van der Waals surface area contributed by atoms with Crippen molar-refractivity contribution in [2.75, 3.05) is 0 Å². The summed E-state index contributed by atoms with van der Waals surface area (Å²) in [4.78, 5) is 99.0. The van der Waals surface area contributed by atoms with E-state index in [2.05, 4.69) is 19.9 Å². The van der Waals surface area contributed by atoms with Gasteiger partial charge in [0, 0.05) is 101 Å². The van der Waals surface area contributed by atoms with E-state index in [1.165, 1.54) is 12.1 Å². The molecule has 9 aromatic rings. The van der Waals surface area contributed by atoms with Gasteiger partial charge in [-0.2, -0.15) is 0 Å². The lowest BCUT2D eigenvalue weighted by molar-refractivity contribution is 0.0696. The van der Waals surface area contributed by atoms with Gasteiger partial charge in [-0.1, -0.05) is 18.2 Å². The molecule has 0 saturated carbocycles. The minimum absolute atomic E-state index is 0.118. The third kappa shape index (κ3) is 10.1. The number of carboxylic acid groups (broad SMARTS) is 1. The molecule has 9 rings (SSSR count). The number of carbonyl (C=O) groups is 3. The zero-order valence-corrected chi connectivity index (χ0v) is 40.4. The van der Waals surface area contributed by atoms with E-state index in [9.17, 15) is 38.7 Å². The monoisotopic (exact) mass is 948 g/mol. The number of pyridine rings is 6. The molecule has 16 heteroatoms. The first-order valence-electron chi connectivity index (χ1n) is 22.1. The molecular formula is C55H48N8O8. The van der Waals surface area contributed by atoms with E-state index in [1.807, 2.05) is 65.8 Å². The van der Waals surface area contributed by atoms with Crippen molar-refractivity contribution in [1.82, 2.24) is 28.7 Å². The third-order valence-corrected chi connectivity index (χ3v) is 12.2. The highest BCUT2D eigenvalue weighted by atomic mass is 16.4. The highest BCUT2D eigenvalue weighted by Gasteiger charge is 2.17. The minimum Gasteiger partial charge on any atom is -0.478 e. The number of carboxylic acids is 1. The Hall–Kier alpha value is -9.27. The van der Waals surface area contributed by atoms with E-state index in [0.717, 1.165) is 66.5 Å². The third-order valence-electron chi connectivity index (χ3n) is 12.2. The SMILES string of the molecule is Cc1cc2c(cn1)cc(-c1cc(C(=O)N=C=O)ccc1C)c(=O)n2C.Cc1cc2c(cn1)cc(-c1cc(C(=O)O)ccc1C)c(=O)n2C.Cc1cc2c(cn1)cc(-c1cc(C(N)=O)ccc1C)c(=O)n2C. The maximum atomic E-state index is 12.8. The van der Waals surface area contributed by atoms with Crippen LogP contribution in [0.2, 0.25) is 0 Å². The molecule has 0 aliphatic heterocycles. The van der Waals surface area contributed by atoms with Gasteiger partial charge in [0.25, 0.3) is 22.6 Å². The molecule has 71 heavy (non-hydrogen) atoms. The average molecular weight is 949 g/mol. The molecule has 6 aromatic heterocycles. The van der Waals surface area contributed by atoms with Crippen molar-refractivity contribution in [1.29, 1.82) is 0 Å². The van der Waals surface area contributed by atoms with Crippen molar-refractivity contribution < 1.29 is 24.3 Å². The number of nitrogens with zero attached hydrogens (tertiary/aromatic N) is 7. The Balaban J connectivity index is 0.000000157. The highest BCUT2D eigenvalue weighted by Crippen LogP contribution is 2.28. The first-order chi connectivity index (χ1) is 33.7. The van der Waals surface area contributed by atoms with Crippen LogP contribution in [-0.4, -0.2) is 57.6 Å². The van der Waals surface area contributed by atoms with Crippen molar-refractivity contribution in [3.63, 3.8) is 0 Å². The van der Waals surface area contributed by atoms with Crippen LogP contribution in [0.1, 0.15) is 64.8 Å². The standard InChI is InChI=1S/C19H15N3O3.C18H17N3O2.C18H16N2O3/c1-11-4-5-13(18(24)21-10-23)7-15(11)16-8-14-9-20-12(2)6-17(14)22(3)19(16)25;1-10-4-5-12(17(19)22)7-14(10)15-8-13-9-20-11(2)6-16(13)21(3)18(15)23;1-10-4-5-12(18(22)23)7-14(10)15-8-13-9-19-11(2)6-16(13)20(3)17(15)21/h4-9H,1-3H3;4-9H,1-3H3,(H2,19,22);4-9H,1-3H3,(H,22,23). The molecule has 0 unspecified atom stereocenters. The summed E-state index contributed by atoms with van der Waals surface area (Å²) in [6.45, 7) is 11.2. The van der Waals surface area contributed by atoms with Crippen molar-refractivity contribution in [3.8, 4) is 33.4 Å². The second kappa shape index (κ2) is 20.1. The molecule has 2 amide bonds. The number of amides is 2. The number of carbonyl (C=O) groups excluding carboxylic acids is 3. The van der Waals surface area contributed by atoms with Crippen LogP contribution in [-0.2, 0) is 25.9 Å². The van der Waals surface area contributed by atoms with Gasteiger partial charge >= 0.3 is 5.97 Å². The van der Waals surface area contributed by atoms with Gasteiger partial charge in [-0.05, 0) is 148 Å². The van der Waals surface area contributed by atoms with Gasteiger partial charge in [-0.3, -0.25) is 38.9 Å². The van der Waals surface area contributed by atoms with Crippen molar-refractivity contribution in [2.45, 2.75) is 41.5 Å². The van der Waals surface area contributed by atoms with E-state index in [1.54, 1.807) is 114 Å². The Morgan fingerprint density at radius 1 is 0.493 bits per heavy atom. The largest absolute Gasteiger partial charge is 0.478 e. The Bertz CT molecular complexity index is 3770. The number of aliphatic imine (C=N–C) groups is 1. The second-order valence-electron chi connectivity index (χ2n) is 17.2. The number of primary amides is 1. The number of nitrogens with two attached hydrogens (primary N) is 1. The number of hydrogen-bond donors (Lipinski definition) is 2. The van der Waals surface area contributed by atoms with Crippen LogP contribution in [0.4, 0.5) is 0 Å². The summed E-state index contributed by atoms with van der Waals surface area (Å²) >= 11 is 0. The smallest absolute Gasteiger partial charge is 0.335 e. The number of isocyanates is 1. The lowest BCUT2D eigenvalue weighted by atomic mass is 9.97. The molecule has 0 aliphatic rings. The quantitative estimate of drug-likeness (QED) is 0.120. The van der Waals surface area contributed by atoms with Crippen LogP contribution in [0, 0.1) is 41.5 Å². The van der Waals surface area contributed by atoms with Crippen LogP contribution in [0.25, 0.3) is 66.1 Å². The topological polar surface area (TPSA) is 232 Å². The van der Waals surface area contributed by atoms with Crippen molar-refractivity contribution in [2.24, 2.45) is 31.9 Å². The Labute approximate surface area is 406 Å². The van der Waals surface area contributed by atoms with Crippen LogP contribution in [0.5, 0.6) is 0 Å². The molecule has 16 nitrogen and oxygen atoms in total. The zero-order chi connectivity index (χ0) is 51.6. The number of hydrogen-bond acceptors (Lipinski definition) is 10. The van der Waals surface area contributed by atoms with E-state index in [-0.39, 0.29) is 27.8 Å². The number of benzene rings is 3. The van der Waals surface area contributed by atoms with Gasteiger partial charge < -0.3 is 24.5 Å². The molecule has 6 heterocycles. The Morgan fingerprint density at radius 2 is 0.817 bits per heavy atom. The minimum atomic E-state index is -1.01. The van der Waals surface area contributed by atoms with Crippen LogP contribution in [0.15, 0.2) is 129 Å². The van der Waals surface area contributed by atoms with Gasteiger partial charge in [-0.25, -0.2) is 9.59 Å². The first-order valence-corrected chi connectivity index (χ1v) is 22.1. The average Bonchev–Trinajstić information content (AvgIpc) is 3.34. The van der Waals surface area contributed by atoms with Crippen LogP contribution >= 0.6 is 0 Å². The molecular weight excluding hydrogens is 901 g/mol. The number of fused-ring (bicyclic) bond motifs is 3. The maximum absolute atomic E-state index is 12.8. The number of aryl methyl sites for hydroxylation is 9. The maximum Gasteiger partial charge on any atom is 0.335 e. The highest BCUT2D eigenvalue weighted by molar-refractivity contribution is 5.99. The lowest BCUT2D eigenvalue weighted by Gasteiger charge is -2.12. The molecule has 0 aliphatic carbocycles. The number of rotatable bonds is 6. The molecule has 0 atom stereocenters. The summed E-state index contributed by atoms with van der Waals surface area (Å²) in [6.07, 6.45) is 6.44. The normalized spacial score (nSPS) is 10.8.